The Balaban J connectivity index is 0.00000157. The van der Waals surface area contributed by atoms with Gasteiger partial charge in [-0.25, -0.2) is 13.4 Å². The highest BCUT2D eigenvalue weighted by Crippen LogP contribution is 2.43. The zero-order chi connectivity index (χ0) is 16.5. The first-order valence-electron chi connectivity index (χ1n) is 7.59. The second-order valence-electron chi connectivity index (χ2n) is 6.04. The molecular formula is C18H14ClNO4S. The molecule has 2 aliphatic heterocycles. The molecular weight excluding hydrogens is 362 g/mol. The van der Waals surface area contributed by atoms with Gasteiger partial charge in [0.05, 0.1) is 21.9 Å². The number of hydrogen-bond donors (Lipinski definition) is 0. The second-order valence-corrected chi connectivity index (χ2v) is 8.00. The van der Waals surface area contributed by atoms with E-state index in [-0.39, 0.29) is 25.0 Å². The maximum Gasteiger partial charge on any atom is 0.231 e. The van der Waals surface area contributed by atoms with Gasteiger partial charge in [-0.05, 0) is 30.2 Å². The Bertz CT molecular complexity index is 1140. The summed E-state index contributed by atoms with van der Waals surface area (Å²) in [7, 11) is -3.35. The van der Waals surface area contributed by atoms with Crippen LogP contribution < -0.4 is 9.47 Å². The van der Waals surface area contributed by atoms with Gasteiger partial charge in [0.25, 0.3) is 0 Å². The normalized spacial score (nSPS) is 16.0. The van der Waals surface area contributed by atoms with Crippen LogP contribution in [-0.2, 0) is 15.6 Å². The molecule has 0 radical (unpaired) electrons. The monoisotopic (exact) mass is 375 g/mol. The van der Waals surface area contributed by atoms with E-state index < -0.39 is 9.84 Å². The van der Waals surface area contributed by atoms with Gasteiger partial charge in [-0.3, -0.25) is 0 Å². The smallest absolute Gasteiger partial charge is 0.231 e. The van der Waals surface area contributed by atoms with Gasteiger partial charge < -0.3 is 9.47 Å². The Morgan fingerprint density at radius 3 is 2.60 bits per heavy atom. The van der Waals surface area contributed by atoms with Gasteiger partial charge in [0.1, 0.15) is 0 Å². The SMILES string of the molecule is Cc1c2c(nc3cc4c(cc13)OCO4)-c1ccccc1S(=O)(=O)C2.Cl. The van der Waals surface area contributed by atoms with Gasteiger partial charge in [0.2, 0.25) is 6.79 Å². The van der Waals surface area contributed by atoms with Gasteiger partial charge in [0, 0.05) is 17.0 Å². The molecule has 0 atom stereocenters. The van der Waals surface area contributed by atoms with Crippen LogP contribution in [0.15, 0.2) is 41.3 Å². The lowest BCUT2D eigenvalue weighted by Crippen LogP contribution is -2.15. The van der Waals surface area contributed by atoms with E-state index in [1.54, 1.807) is 12.1 Å². The van der Waals surface area contributed by atoms with Crippen LogP contribution >= 0.6 is 12.4 Å². The van der Waals surface area contributed by atoms with E-state index in [0.717, 1.165) is 27.7 Å². The number of ether oxygens (including phenoxy) is 2. The third-order valence-corrected chi connectivity index (χ3v) is 6.37. The minimum Gasteiger partial charge on any atom is -0.454 e. The third-order valence-electron chi connectivity index (χ3n) is 4.68. The van der Waals surface area contributed by atoms with Crippen molar-refractivity contribution in [1.29, 1.82) is 0 Å². The first-order chi connectivity index (χ1) is 11.5. The second kappa shape index (κ2) is 5.34. The Hall–Kier alpha value is -2.31. The topological polar surface area (TPSA) is 65.5 Å². The van der Waals surface area contributed by atoms with E-state index in [0.29, 0.717) is 22.0 Å². The van der Waals surface area contributed by atoms with E-state index >= 15 is 0 Å². The highest BCUT2D eigenvalue weighted by atomic mass is 35.5. The summed E-state index contributed by atoms with van der Waals surface area (Å²) < 4.78 is 36.1. The zero-order valence-electron chi connectivity index (χ0n) is 13.3. The van der Waals surface area contributed by atoms with E-state index in [4.69, 9.17) is 14.5 Å². The number of fused-ring (bicyclic) bond motifs is 5. The fourth-order valence-corrected chi connectivity index (χ4v) is 5.13. The van der Waals surface area contributed by atoms with Crippen molar-refractivity contribution in [3.8, 4) is 22.8 Å². The van der Waals surface area contributed by atoms with E-state index in [1.165, 1.54) is 0 Å². The van der Waals surface area contributed by atoms with E-state index in [2.05, 4.69) is 0 Å². The molecule has 5 nitrogen and oxygen atoms in total. The van der Waals surface area contributed by atoms with Crippen molar-refractivity contribution in [3.63, 3.8) is 0 Å². The van der Waals surface area contributed by atoms with Gasteiger partial charge in [-0.2, -0.15) is 0 Å². The summed E-state index contributed by atoms with van der Waals surface area (Å²) in [4.78, 5) is 5.11. The molecule has 2 aliphatic rings. The van der Waals surface area contributed by atoms with Gasteiger partial charge in [-0.1, -0.05) is 18.2 Å². The van der Waals surface area contributed by atoms with Crippen molar-refractivity contribution in [1.82, 2.24) is 4.98 Å². The first kappa shape index (κ1) is 16.2. The Kier molecular flexibility index (Phi) is 3.46. The number of aryl methyl sites for hydroxylation is 1. The van der Waals surface area contributed by atoms with Crippen LogP contribution in [0.2, 0.25) is 0 Å². The molecule has 2 aromatic carbocycles. The number of aromatic nitrogens is 1. The van der Waals surface area contributed by atoms with E-state index in [1.807, 2.05) is 31.2 Å². The van der Waals surface area contributed by atoms with Crippen molar-refractivity contribution < 1.29 is 17.9 Å². The molecule has 0 fully saturated rings. The number of benzene rings is 2. The molecule has 25 heavy (non-hydrogen) atoms. The predicted octanol–water partition coefficient (Wildman–Crippen LogP) is 3.65. The molecule has 0 saturated carbocycles. The number of sulfone groups is 1. The molecule has 0 amide bonds. The van der Waals surface area contributed by atoms with Crippen LogP contribution in [0.4, 0.5) is 0 Å². The largest absolute Gasteiger partial charge is 0.454 e. The van der Waals surface area contributed by atoms with Crippen molar-refractivity contribution in [2.75, 3.05) is 6.79 Å². The van der Waals surface area contributed by atoms with Crippen molar-refractivity contribution in [3.05, 3.63) is 47.5 Å². The van der Waals surface area contributed by atoms with Gasteiger partial charge in [-0.15, -0.1) is 12.4 Å². The predicted molar refractivity (Wildman–Crippen MR) is 96.2 cm³/mol. The molecule has 0 bridgehead atoms. The average Bonchev–Trinajstić information content (AvgIpc) is 3.02. The summed E-state index contributed by atoms with van der Waals surface area (Å²) in [6.07, 6.45) is 0. The van der Waals surface area contributed by atoms with Crippen molar-refractivity contribution in [2.24, 2.45) is 0 Å². The molecule has 0 N–H and O–H groups in total. The van der Waals surface area contributed by atoms with Crippen molar-refractivity contribution >= 4 is 33.1 Å². The van der Waals surface area contributed by atoms with Crippen LogP contribution in [0.3, 0.4) is 0 Å². The number of nitrogens with zero attached hydrogens (tertiary/aromatic N) is 1. The lowest BCUT2D eigenvalue weighted by atomic mass is 9.98. The lowest BCUT2D eigenvalue weighted by Gasteiger charge is -2.22. The molecule has 7 heteroatoms. The molecule has 0 aliphatic carbocycles. The maximum absolute atomic E-state index is 12.6. The molecule has 5 rings (SSSR count). The summed E-state index contributed by atoms with van der Waals surface area (Å²) in [6.45, 7) is 2.14. The number of hydrogen-bond acceptors (Lipinski definition) is 5. The summed E-state index contributed by atoms with van der Waals surface area (Å²) >= 11 is 0. The molecule has 0 spiro atoms. The third kappa shape index (κ3) is 2.21. The van der Waals surface area contributed by atoms with Crippen LogP contribution in [0, 0.1) is 6.92 Å². The lowest BCUT2D eigenvalue weighted by molar-refractivity contribution is 0.174. The molecule has 3 aromatic rings. The summed E-state index contributed by atoms with van der Waals surface area (Å²) in [5.41, 5.74) is 3.88. The summed E-state index contributed by atoms with van der Waals surface area (Å²) in [5, 5.41) is 0.896. The average molecular weight is 376 g/mol. The standard InChI is InChI=1S/C18H13NO4S.ClH/c1-10-12-6-15-16(23-9-22-15)7-14(12)19-18-11-4-2-3-5-17(11)24(20,21)8-13(10)18;/h2-7H,8-9H2,1H3;1H. The molecule has 0 saturated heterocycles. The molecule has 1 aromatic heterocycles. The fourth-order valence-electron chi connectivity index (χ4n) is 3.45. The molecule has 0 unspecified atom stereocenters. The zero-order valence-corrected chi connectivity index (χ0v) is 14.9. The Morgan fingerprint density at radius 2 is 1.80 bits per heavy atom. The quantitative estimate of drug-likeness (QED) is 0.600. The Labute approximate surface area is 150 Å². The summed E-state index contributed by atoms with van der Waals surface area (Å²) in [5.74, 6) is 1.32. The highest BCUT2D eigenvalue weighted by molar-refractivity contribution is 7.90. The fraction of sp³-hybridized carbons (Fsp3) is 0.167. The van der Waals surface area contributed by atoms with Gasteiger partial charge in [0.15, 0.2) is 21.3 Å². The number of halogens is 1. The first-order valence-corrected chi connectivity index (χ1v) is 9.25. The Morgan fingerprint density at radius 1 is 1.08 bits per heavy atom. The summed E-state index contributed by atoms with van der Waals surface area (Å²) in [6, 6.07) is 10.8. The van der Waals surface area contributed by atoms with Crippen LogP contribution in [0.5, 0.6) is 11.5 Å². The number of pyridine rings is 1. The van der Waals surface area contributed by atoms with Crippen LogP contribution in [0.1, 0.15) is 11.1 Å². The van der Waals surface area contributed by atoms with Crippen LogP contribution in [0.25, 0.3) is 22.2 Å². The number of rotatable bonds is 0. The van der Waals surface area contributed by atoms with Gasteiger partial charge >= 0.3 is 0 Å². The maximum atomic E-state index is 12.6. The highest BCUT2D eigenvalue weighted by Gasteiger charge is 2.31. The van der Waals surface area contributed by atoms with Crippen LogP contribution in [-0.4, -0.2) is 20.2 Å². The minimum atomic E-state index is -3.35. The van der Waals surface area contributed by atoms with E-state index in [9.17, 15) is 8.42 Å². The molecule has 3 heterocycles. The minimum absolute atomic E-state index is 0. The molecule has 128 valence electrons. The van der Waals surface area contributed by atoms with Crippen molar-refractivity contribution in [2.45, 2.75) is 17.6 Å².